The molecule has 0 aliphatic rings. The first-order valence-electron chi connectivity index (χ1n) is 7.82. The van der Waals surface area contributed by atoms with E-state index in [0.29, 0.717) is 11.8 Å². The second-order valence-corrected chi connectivity index (χ2v) is 6.35. The van der Waals surface area contributed by atoms with Gasteiger partial charge in [-0.15, -0.1) is 0 Å². The molecule has 0 saturated heterocycles. The Kier molecular flexibility index (Phi) is 5.51. The van der Waals surface area contributed by atoms with E-state index in [-0.39, 0.29) is 0 Å². The number of nitrogens with one attached hydrogen (secondary N) is 1. The Hall–Kier alpha value is -1.67. The van der Waals surface area contributed by atoms with Gasteiger partial charge in [-0.1, -0.05) is 51.5 Å². The predicted octanol–water partition coefficient (Wildman–Crippen LogP) is 4.52. The molecule has 1 aromatic heterocycles. The van der Waals surface area contributed by atoms with Gasteiger partial charge >= 0.3 is 0 Å². The molecule has 0 aliphatic carbocycles. The van der Waals surface area contributed by atoms with E-state index in [0.717, 1.165) is 18.6 Å². The molecule has 0 spiro atoms. The smallest absolute Gasteiger partial charge is 0.0702 e. The lowest BCUT2D eigenvalue weighted by molar-refractivity contribution is 0.558. The molecule has 2 aromatic rings. The lowest BCUT2D eigenvalue weighted by Gasteiger charge is -2.14. The summed E-state index contributed by atoms with van der Waals surface area (Å²) in [5.74, 6) is 1.24. The third kappa shape index (κ3) is 4.68. The summed E-state index contributed by atoms with van der Waals surface area (Å²) in [4.78, 5) is 4.37. The van der Waals surface area contributed by atoms with E-state index in [1.54, 1.807) is 0 Å². The van der Waals surface area contributed by atoms with Crippen LogP contribution >= 0.6 is 0 Å². The first kappa shape index (κ1) is 15.7. The van der Waals surface area contributed by atoms with Crippen LogP contribution in [0.5, 0.6) is 0 Å². The fourth-order valence-electron chi connectivity index (χ4n) is 2.32. The largest absolute Gasteiger partial charge is 0.313 e. The van der Waals surface area contributed by atoms with Crippen molar-refractivity contribution in [2.24, 2.45) is 11.8 Å². The summed E-state index contributed by atoms with van der Waals surface area (Å²) in [7, 11) is 0. The first-order chi connectivity index (χ1) is 10.1. The van der Waals surface area contributed by atoms with Crippen LogP contribution < -0.4 is 5.32 Å². The SMILES string of the molecule is CC(C)CNCC(=Cc1ccc2ncccc2c1)C(C)C. The molecule has 1 heterocycles. The Balaban J connectivity index is 2.18. The van der Waals surface area contributed by atoms with Crippen molar-refractivity contribution in [3.8, 4) is 0 Å². The van der Waals surface area contributed by atoms with E-state index in [1.165, 1.54) is 16.5 Å². The van der Waals surface area contributed by atoms with Gasteiger partial charge < -0.3 is 5.32 Å². The highest BCUT2D eigenvalue weighted by Crippen LogP contribution is 2.18. The average molecular weight is 282 g/mol. The lowest BCUT2D eigenvalue weighted by Crippen LogP contribution is -2.23. The third-order valence-corrected chi connectivity index (χ3v) is 3.60. The van der Waals surface area contributed by atoms with E-state index in [4.69, 9.17) is 0 Å². The van der Waals surface area contributed by atoms with Crippen LogP contribution in [0.15, 0.2) is 42.1 Å². The van der Waals surface area contributed by atoms with Gasteiger partial charge in [-0.25, -0.2) is 0 Å². The molecule has 2 rings (SSSR count). The van der Waals surface area contributed by atoms with Crippen molar-refractivity contribution < 1.29 is 0 Å². The van der Waals surface area contributed by atoms with Crippen molar-refractivity contribution in [1.29, 1.82) is 0 Å². The van der Waals surface area contributed by atoms with Gasteiger partial charge in [-0.3, -0.25) is 4.98 Å². The number of fused-ring (bicyclic) bond motifs is 1. The Bertz CT molecular complexity index is 612. The molecular weight excluding hydrogens is 256 g/mol. The van der Waals surface area contributed by atoms with Gasteiger partial charge in [0.15, 0.2) is 0 Å². The summed E-state index contributed by atoms with van der Waals surface area (Å²) in [6.45, 7) is 11.0. The molecular formula is C19H26N2. The lowest BCUT2D eigenvalue weighted by atomic mass is 9.99. The molecule has 2 heteroatoms. The standard InChI is InChI=1S/C19H26N2/c1-14(2)12-20-13-18(15(3)4)11-16-7-8-19-17(10-16)6-5-9-21-19/h5-11,14-15,20H,12-13H2,1-4H3. The quantitative estimate of drug-likeness (QED) is 0.842. The molecule has 0 radical (unpaired) electrons. The summed E-state index contributed by atoms with van der Waals surface area (Å²) < 4.78 is 0. The summed E-state index contributed by atoms with van der Waals surface area (Å²) in [5, 5.41) is 4.74. The predicted molar refractivity (Wildman–Crippen MR) is 92.3 cm³/mol. The highest BCUT2D eigenvalue weighted by atomic mass is 14.9. The van der Waals surface area contributed by atoms with Gasteiger partial charge in [0.1, 0.15) is 0 Å². The Morgan fingerprint density at radius 3 is 2.71 bits per heavy atom. The molecule has 1 N–H and O–H groups in total. The summed E-state index contributed by atoms with van der Waals surface area (Å²) in [6, 6.07) is 10.6. The van der Waals surface area contributed by atoms with Gasteiger partial charge in [-0.05, 0) is 42.1 Å². The van der Waals surface area contributed by atoms with Crippen LogP contribution in [0.3, 0.4) is 0 Å². The molecule has 0 atom stereocenters. The maximum absolute atomic E-state index is 4.37. The summed E-state index contributed by atoms with van der Waals surface area (Å²) >= 11 is 0. The van der Waals surface area contributed by atoms with E-state index in [1.807, 2.05) is 12.3 Å². The highest BCUT2D eigenvalue weighted by Gasteiger charge is 2.04. The van der Waals surface area contributed by atoms with Crippen molar-refractivity contribution in [2.75, 3.05) is 13.1 Å². The zero-order valence-electron chi connectivity index (χ0n) is 13.6. The number of aromatic nitrogens is 1. The maximum atomic E-state index is 4.37. The molecule has 21 heavy (non-hydrogen) atoms. The second kappa shape index (κ2) is 7.37. The van der Waals surface area contributed by atoms with Gasteiger partial charge in [0.2, 0.25) is 0 Å². The fourth-order valence-corrected chi connectivity index (χ4v) is 2.32. The molecule has 0 unspecified atom stereocenters. The van der Waals surface area contributed by atoms with Gasteiger partial charge in [0, 0.05) is 18.1 Å². The summed E-state index contributed by atoms with van der Waals surface area (Å²) in [6.07, 6.45) is 4.15. The van der Waals surface area contributed by atoms with Crippen LogP contribution in [0.25, 0.3) is 17.0 Å². The van der Waals surface area contributed by atoms with Crippen LogP contribution in [0.4, 0.5) is 0 Å². The number of rotatable bonds is 6. The van der Waals surface area contributed by atoms with E-state index in [2.05, 4.69) is 68.3 Å². The van der Waals surface area contributed by atoms with Gasteiger partial charge in [0.25, 0.3) is 0 Å². The topological polar surface area (TPSA) is 24.9 Å². The minimum absolute atomic E-state index is 0.550. The molecule has 0 bridgehead atoms. The average Bonchev–Trinajstić information content (AvgIpc) is 2.45. The molecule has 2 nitrogen and oxygen atoms in total. The monoisotopic (exact) mass is 282 g/mol. The number of hydrogen-bond acceptors (Lipinski definition) is 2. The molecule has 0 amide bonds. The van der Waals surface area contributed by atoms with Crippen LogP contribution in [-0.4, -0.2) is 18.1 Å². The number of hydrogen-bond donors (Lipinski definition) is 1. The van der Waals surface area contributed by atoms with Crippen molar-refractivity contribution in [3.63, 3.8) is 0 Å². The fraction of sp³-hybridized carbons (Fsp3) is 0.421. The minimum atomic E-state index is 0.550. The van der Waals surface area contributed by atoms with Crippen molar-refractivity contribution in [1.82, 2.24) is 10.3 Å². The van der Waals surface area contributed by atoms with E-state index in [9.17, 15) is 0 Å². The summed E-state index contributed by atoms with van der Waals surface area (Å²) in [5.41, 5.74) is 3.75. The zero-order chi connectivity index (χ0) is 15.2. The van der Waals surface area contributed by atoms with E-state index >= 15 is 0 Å². The Morgan fingerprint density at radius 1 is 1.19 bits per heavy atom. The van der Waals surface area contributed by atoms with Crippen LogP contribution in [0.1, 0.15) is 33.3 Å². The van der Waals surface area contributed by atoms with Crippen LogP contribution in [0.2, 0.25) is 0 Å². The normalized spacial score (nSPS) is 12.6. The molecule has 0 fully saturated rings. The molecule has 112 valence electrons. The number of pyridine rings is 1. The molecule has 0 saturated carbocycles. The van der Waals surface area contributed by atoms with Crippen molar-refractivity contribution in [2.45, 2.75) is 27.7 Å². The van der Waals surface area contributed by atoms with Crippen LogP contribution in [-0.2, 0) is 0 Å². The molecule has 1 aromatic carbocycles. The molecule has 0 aliphatic heterocycles. The van der Waals surface area contributed by atoms with E-state index < -0.39 is 0 Å². The van der Waals surface area contributed by atoms with Gasteiger partial charge in [-0.2, -0.15) is 0 Å². The maximum Gasteiger partial charge on any atom is 0.0702 e. The zero-order valence-corrected chi connectivity index (χ0v) is 13.6. The number of benzene rings is 1. The second-order valence-electron chi connectivity index (χ2n) is 6.35. The Morgan fingerprint density at radius 2 is 2.00 bits per heavy atom. The Labute approximate surface area is 128 Å². The van der Waals surface area contributed by atoms with Crippen LogP contribution in [0, 0.1) is 11.8 Å². The van der Waals surface area contributed by atoms with Gasteiger partial charge in [0.05, 0.1) is 5.52 Å². The highest BCUT2D eigenvalue weighted by molar-refractivity contribution is 5.81. The minimum Gasteiger partial charge on any atom is -0.313 e. The van der Waals surface area contributed by atoms with Crippen molar-refractivity contribution >= 4 is 17.0 Å². The number of nitrogens with zero attached hydrogens (tertiary/aromatic N) is 1. The first-order valence-corrected chi connectivity index (χ1v) is 7.82. The third-order valence-electron chi connectivity index (χ3n) is 3.60. The van der Waals surface area contributed by atoms with Crippen molar-refractivity contribution in [3.05, 3.63) is 47.7 Å².